The molecule has 1 aromatic heterocycles. The number of hydrogen-bond donors (Lipinski definition) is 0. The summed E-state index contributed by atoms with van der Waals surface area (Å²) in [7, 11) is 0. The van der Waals surface area contributed by atoms with Crippen molar-refractivity contribution in [3.63, 3.8) is 0 Å². The van der Waals surface area contributed by atoms with Crippen LogP contribution in [-0.4, -0.2) is 28.9 Å². The first kappa shape index (κ1) is 16.7. The number of ether oxygens (including phenoxy) is 1. The van der Waals surface area contributed by atoms with Gasteiger partial charge in [-0.15, -0.1) is 0 Å². The molecule has 4 nitrogen and oxygen atoms in total. The van der Waals surface area contributed by atoms with Crippen LogP contribution < -0.4 is 0 Å². The lowest BCUT2D eigenvalue weighted by atomic mass is 9.94. The van der Waals surface area contributed by atoms with Crippen molar-refractivity contribution in [2.45, 2.75) is 38.3 Å². The second-order valence-electron chi connectivity index (χ2n) is 6.12. The molecule has 0 aliphatic carbocycles. The Morgan fingerprint density at radius 2 is 1.88 bits per heavy atom. The predicted molar refractivity (Wildman–Crippen MR) is 93.4 cm³/mol. The fourth-order valence-electron chi connectivity index (χ4n) is 3.30. The molecule has 1 aliphatic heterocycles. The lowest BCUT2D eigenvalue weighted by Crippen LogP contribution is -2.35. The van der Waals surface area contributed by atoms with E-state index >= 15 is 0 Å². The van der Waals surface area contributed by atoms with Gasteiger partial charge in [0.05, 0.1) is 6.04 Å². The van der Waals surface area contributed by atoms with Crippen molar-refractivity contribution >= 4 is 5.91 Å². The second kappa shape index (κ2) is 8.06. The summed E-state index contributed by atoms with van der Waals surface area (Å²) in [5.41, 5.74) is 2.18. The first-order valence-electron chi connectivity index (χ1n) is 8.67. The highest BCUT2D eigenvalue weighted by molar-refractivity contribution is 5.78. The molecule has 0 bridgehead atoms. The minimum absolute atomic E-state index is 0.102. The highest BCUT2D eigenvalue weighted by atomic mass is 16.5. The molecular weight excluding hydrogens is 300 g/mol. The van der Waals surface area contributed by atoms with Crippen LogP contribution in [0.1, 0.15) is 49.5 Å². The van der Waals surface area contributed by atoms with Crippen LogP contribution in [0.2, 0.25) is 0 Å². The highest BCUT2D eigenvalue weighted by Crippen LogP contribution is 2.39. The molecule has 2 atom stereocenters. The monoisotopic (exact) mass is 324 g/mol. The zero-order chi connectivity index (χ0) is 16.8. The molecular formula is C20H24N2O2. The van der Waals surface area contributed by atoms with Gasteiger partial charge in [-0.25, -0.2) is 0 Å². The fraction of sp³-hybridized carbons (Fsp3) is 0.400. The smallest absolute Gasteiger partial charge is 0.223 e. The Morgan fingerprint density at radius 3 is 2.50 bits per heavy atom. The Kier molecular flexibility index (Phi) is 5.59. The molecule has 1 aliphatic rings. The molecule has 1 fully saturated rings. The number of carbonyl (C=O) groups excluding carboxylic acids is 1. The molecule has 4 heteroatoms. The van der Waals surface area contributed by atoms with E-state index < -0.39 is 0 Å². The number of pyridine rings is 1. The normalized spacial score (nSPS) is 17.0. The van der Waals surface area contributed by atoms with E-state index in [1.165, 1.54) is 0 Å². The molecule has 0 spiro atoms. The van der Waals surface area contributed by atoms with E-state index in [1.54, 1.807) is 12.4 Å². The maximum absolute atomic E-state index is 12.5. The summed E-state index contributed by atoms with van der Waals surface area (Å²) in [5.74, 6) is 0.211. The summed E-state index contributed by atoms with van der Waals surface area (Å²) in [6.45, 7) is 3.55. The number of likely N-dealkylation sites (tertiary alicyclic amines) is 1. The number of benzene rings is 1. The van der Waals surface area contributed by atoms with Crippen LogP contribution in [-0.2, 0) is 9.53 Å². The van der Waals surface area contributed by atoms with E-state index in [-0.39, 0.29) is 18.1 Å². The third-order valence-electron chi connectivity index (χ3n) is 4.41. The molecule has 1 aromatic carbocycles. The van der Waals surface area contributed by atoms with Crippen LogP contribution >= 0.6 is 0 Å². The Labute approximate surface area is 143 Å². The maximum Gasteiger partial charge on any atom is 0.223 e. The van der Waals surface area contributed by atoms with Crippen LogP contribution in [0.3, 0.4) is 0 Å². The Bertz CT molecular complexity index is 645. The molecule has 3 rings (SSSR count). The van der Waals surface area contributed by atoms with Crippen LogP contribution in [0.15, 0.2) is 54.9 Å². The van der Waals surface area contributed by atoms with Gasteiger partial charge in [-0.1, -0.05) is 37.3 Å². The average molecular weight is 324 g/mol. The van der Waals surface area contributed by atoms with Crippen LogP contribution in [0.25, 0.3) is 0 Å². The van der Waals surface area contributed by atoms with Crippen molar-refractivity contribution in [3.8, 4) is 0 Å². The minimum Gasteiger partial charge on any atom is -0.371 e. The van der Waals surface area contributed by atoms with Crippen LogP contribution in [0, 0.1) is 0 Å². The van der Waals surface area contributed by atoms with Crippen molar-refractivity contribution < 1.29 is 9.53 Å². The summed E-state index contributed by atoms with van der Waals surface area (Å²) in [4.78, 5) is 18.6. The number of nitrogens with zero attached hydrogens (tertiary/aromatic N) is 2. The van der Waals surface area contributed by atoms with Gasteiger partial charge < -0.3 is 9.64 Å². The standard InChI is InChI=1S/C20H24N2O2/c1-2-15-24-20(17-10-12-21-13-11-17)19(16-7-4-3-5-8-16)22-14-6-9-18(22)23/h3-5,7-8,10-13,19-20H,2,6,9,14-15H2,1H3/t19-,20+/m1/s1. The van der Waals surface area contributed by atoms with Crippen molar-refractivity contribution in [2.75, 3.05) is 13.2 Å². The van der Waals surface area contributed by atoms with Gasteiger partial charge in [0.25, 0.3) is 0 Å². The Balaban J connectivity index is 2.01. The number of rotatable bonds is 7. The minimum atomic E-state index is -0.183. The SMILES string of the molecule is CCCO[C@@H](c1ccncc1)[C@@H](c1ccccc1)N1CCCC1=O. The third kappa shape index (κ3) is 3.65. The van der Waals surface area contributed by atoms with Crippen LogP contribution in [0.4, 0.5) is 0 Å². The van der Waals surface area contributed by atoms with E-state index in [2.05, 4.69) is 24.0 Å². The molecule has 24 heavy (non-hydrogen) atoms. The third-order valence-corrected chi connectivity index (χ3v) is 4.41. The number of amides is 1. The maximum atomic E-state index is 12.5. The number of carbonyl (C=O) groups is 1. The molecule has 0 N–H and O–H groups in total. The zero-order valence-corrected chi connectivity index (χ0v) is 14.1. The molecule has 2 heterocycles. The van der Waals surface area contributed by atoms with Crippen molar-refractivity contribution in [3.05, 3.63) is 66.0 Å². The molecule has 0 unspecified atom stereocenters. The average Bonchev–Trinajstić information content (AvgIpc) is 3.05. The largest absolute Gasteiger partial charge is 0.371 e. The van der Waals surface area contributed by atoms with Gasteiger partial charge in [0.1, 0.15) is 6.10 Å². The van der Waals surface area contributed by atoms with Gasteiger partial charge in [0, 0.05) is 32.0 Å². The van der Waals surface area contributed by atoms with Crippen molar-refractivity contribution in [1.29, 1.82) is 0 Å². The second-order valence-corrected chi connectivity index (χ2v) is 6.12. The van der Waals surface area contributed by atoms with Gasteiger partial charge in [-0.05, 0) is 36.1 Å². The molecule has 1 amide bonds. The van der Waals surface area contributed by atoms with E-state index in [9.17, 15) is 4.79 Å². The van der Waals surface area contributed by atoms with Gasteiger partial charge in [0.2, 0.25) is 5.91 Å². The van der Waals surface area contributed by atoms with E-state index in [4.69, 9.17) is 4.74 Å². The quantitative estimate of drug-likeness (QED) is 0.775. The van der Waals surface area contributed by atoms with Crippen LogP contribution in [0.5, 0.6) is 0 Å². The zero-order valence-electron chi connectivity index (χ0n) is 14.1. The van der Waals surface area contributed by atoms with E-state index in [1.807, 2.05) is 35.2 Å². The summed E-state index contributed by atoms with van der Waals surface area (Å²) in [6.07, 6.45) is 5.87. The predicted octanol–water partition coefficient (Wildman–Crippen LogP) is 3.91. The molecule has 1 saturated heterocycles. The topological polar surface area (TPSA) is 42.4 Å². The lowest BCUT2D eigenvalue weighted by molar-refractivity contribution is -0.133. The van der Waals surface area contributed by atoms with Crippen molar-refractivity contribution in [2.24, 2.45) is 0 Å². The Hall–Kier alpha value is -2.20. The first-order chi connectivity index (χ1) is 11.8. The van der Waals surface area contributed by atoms with Gasteiger partial charge in [-0.2, -0.15) is 0 Å². The van der Waals surface area contributed by atoms with E-state index in [0.29, 0.717) is 13.0 Å². The first-order valence-corrected chi connectivity index (χ1v) is 8.67. The summed E-state index contributed by atoms with van der Waals surface area (Å²) >= 11 is 0. The summed E-state index contributed by atoms with van der Waals surface area (Å²) in [6, 6.07) is 14.1. The van der Waals surface area contributed by atoms with Gasteiger partial charge >= 0.3 is 0 Å². The van der Waals surface area contributed by atoms with E-state index in [0.717, 1.165) is 30.5 Å². The summed E-state index contributed by atoms with van der Waals surface area (Å²) in [5, 5.41) is 0. The highest BCUT2D eigenvalue weighted by Gasteiger charge is 2.36. The molecule has 126 valence electrons. The fourth-order valence-corrected chi connectivity index (χ4v) is 3.30. The molecule has 0 radical (unpaired) electrons. The van der Waals surface area contributed by atoms with Gasteiger partial charge in [0.15, 0.2) is 0 Å². The van der Waals surface area contributed by atoms with Gasteiger partial charge in [-0.3, -0.25) is 9.78 Å². The lowest BCUT2D eigenvalue weighted by Gasteiger charge is -2.35. The van der Waals surface area contributed by atoms with Crippen molar-refractivity contribution in [1.82, 2.24) is 9.88 Å². The number of aromatic nitrogens is 1. The Morgan fingerprint density at radius 1 is 1.12 bits per heavy atom. The summed E-state index contributed by atoms with van der Waals surface area (Å²) < 4.78 is 6.23. The number of hydrogen-bond acceptors (Lipinski definition) is 3. The molecule has 2 aromatic rings. The molecule has 0 saturated carbocycles.